The molecule has 28 heavy (non-hydrogen) atoms. The lowest BCUT2D eigenvalue weighted by Crippen LogP contribution is -2.50. The van der Waals surface area contributed by atoms with Gasteiger partial charge in [0.05, 0.1) is 10.2 Å². The van der Waals surface area contributed by atoms with Gasteiger partial charge in [0, 0.05) is 37.4 Å². The first-order valence-electron chi connectivity index (χ1n) is 9.58. The highest BCUT2D eigenvalue weighted by atomic mass is 32.1. The van der Waals surface area contributed by atoms with Gasteiger partial charge in [-0.05, 0) is 45.0 Å². The summed E-state index contributed by atoms with van der Waals surface area (Å²) < 4.78 is 6.70. The average Bonchev–Trinajstić information content (AvgIpc) is 3.11. The van der Waals surface area contributed by atoms with E-state index in [0.717, 1.165) is 29.2 Å². The van der Waals surface area contributed by atoms with E-state index in [1.165, 1.54) is 10.4 Å². The minimum atomic E-state index is -0.465. The summed E-state index contributed by atoms with van der Waals surface area (Å²) >= 11 is 1.72. The third-order valence-electron chi connectivity index (χ3n) is 4.70. The van der Waals surface area contributed by atoms with E-state index in [9.17, 15) is 4.79 Å². The molecule has 0 atom stereocenters. The normalized spacial score (nSPS) is 15.1. The molecule has 0 aliphatic carbocycles. The van der Waals surface area contributed by atoms with Crippen LogP contribution in [0.5, 0.6) is 0 Å². The van der Waals surface area contributed by atoms with E-state index in [1.807, 2.05) is 32.9 Å². The number of nitrogens with zero attached hydrogens (tertiary/aromatic N) is 3. The van der Waals surface area contributed by atoms with E-state index in [0.29, 0.717) is 13.1 Å². The fourth-order valence-electron chi connectivity index (χ4n) is 3.37. The molecule has 2 aromatic carbocycles. The Morgan fingerprint density at radius 1 is 1.00 bits per heavy atom. The fraction of sp³-hybridized carbons (Fsp3) is 0.364. The number of thiazole rings is 1. The van der Waals surface area contributed by atoms with Crippen LogP contribution in [-0.4, -0.2) is 47.8 Å². The van der Waals surface area contributed by atoms with E-state index >= 15 is 0 Å². The largest absolute Gasteiger partial charge is 0.444 e. The second-order valence-corrected chi connectivity index (χ2v) is 8.99. The Morgan fingerprint density at radius 2 is 1.68 bits per heavy atom. The van der Waals surface area contributed by atoms with E-state index in [2.05, 4.69) is 41.3 Å². The number of benzene rings is 2. The lowest BCUT2D eigenvalue weighted by molar-refractivity contribution is 0.0240. The number of carbonyl (C=O) groups excluding carboxylic acids is 1. The topological polar surface area (TPSA) is 45.7 Å². The van der Waals surface area contributed by atoms with Crippen LogP contribution >= 0.6 is 11.3 Å². The maximum Gasteiger partial charge on any atom is 0.410 e. The molecule has 0 bridgehead atoms. The highest BCUT2D eigenvalue weighted by molar-refractivity contribution is 7.21. The number of rotatable bonds is 2. The molecular weight excluding hydrogens is 370 g/mol. The Hall–Kier alpha value is -2.60. The van der Waals surface area contributed by atoms with Crippen LogP contribution in [0.15, 0.2) is 48.5 Å². The van der Waals surface area contributed by atoms with Gasteiger partial charge < -0.3 is 14.5 Å². The smallest absolute Gasteiger partial charge is 0.410 e. The van der Waals surface area contributed by atoms with Crippen LogP contribution in [-0.2, 0) is 4.74 Å². The quantitative estimate of drug-likeness (QED) is 0.611. The van der Waals surface area contributed by atoms with E-state index < -0.39 is 5.60 Å². The molecule has 1 amide bonds. The highest BCUT2D eigenvalue weighted by Crippen LogP contribution is 2.36. The van der Waals surface area contributed by atoms with Gasteiger partial charge in [0.1, 0.15) is 10.6 Å². The van der Waals surface area contributed by atoms with E-state index in [1.54, 1.807) is 16.2 Å². The lowest BCUT2D eigenvalue weighted by Gasteiger charge is -2.37. The second-order valence-electron chi connectivity index (χ2n) is 7.96. The summed E-state index contributed by atoms with van der Waals surface area (Å²) in [5, 5.41) is 1.03. The number of ether oxygens (including phenoxy) is 1. The van der Waals surface area contributed by atoms with Gasteiger partial charge in [0.2, 0.25) is 0 Å². The van der Waals surface area contributed by atoms with Gasteiger partial charge in [0.25, 0.3) is 0 Å². The van der Waals surface area contributed by atoms with Crippen molar-refractivity contribution < 1.29 is 9.53 Å². The number of fused-ring (bicyclic) bond motifs is 1. The number of anilines is 1. The Bertz CT molecular complexity index is 952. The van der Waals surface area contributed by atoms with Crippen molar-refractivity contribution in [2.45, 2.75) is 26.4 Å². The molecule has 0 N–H and O–H groups in total. The van der Waals surface area contributed by atoms with Crippen LogP contribution in [0, 0.1) is 0 Å². The number of para-hydroxylation sites is 2. The van der Waals surface area contributed by atoms with E-state index in [-0.39, 0.29) is 6.09 Å². The standard InChI is InChI=1S/C22H25N3O2S/c1-22(2,3)27-21(26)25-14-12-24(13-15-25)18-10-6-4-8-16(18)20-23-17-9-5-7-11-19(17)28-20/h4-11H,12-15H2,1-3H3. The van der Waals surface area contributed by atoms with Crippen molar-refractivity contribution in [3.8, 4) is 10.6 Å². The molecular formula is C22H25N3O2S. The van der Waals surface area contributed by atoms with Crippen molar-refractivity contribution >= 4 is 33.3 Å². The van der Waals surface area contributed by atoms with Gasteiger partial charge in [-0.25, -0.2) is 9.78 Å². The molecule has 2 heterocycles. The molecule has 1 aromatic heterocycles. The summed E-state index contributed by atoms with van der Waals surface area (Å²) in [6.07, 6.45) is -0.230. The Kier molecular flexibility index (Phi) is 4.98. The Balaban J connectivity index is 1.53. The van der Waals surface area contributed by atoms with Crippen molar-refractivity contribution in [3.05, 3.63) is 48.5 Å². The molecule has 146 valence electrons. The predicted molar refractivity (Wildman–Crippen MR) is 115 cm³/mol. The third kappa shape index (κ3) is 3.97. The van der Waals surface area contributed by atoms with Crippen LogP contribution in [0.3, 0.4) is 0 Å². The summed E-state index contributed by atoms with van der Waals surface area (Å²) in [7, 11) is 0. The summed E-state index contributed by atoms with van der Waals surface area (Å²) in [4.78, 5) is 21.3. The second kappa shape index (κ2) is 7.43. The number of carbonyl (C=O) groups is 1. The zero-order valence-electron chi connectivity index (χ0n) is 16.5. The number of piperazine rings is 1. The molecule has 0 saturated carbocycles. The lowest BCUT2D eigenvalue weighted by atomic mass is 10.1. The number of aromatic nitrogens is 1. The van der Waals surface area contributed by atoms with Gasteiger partial charge in [-0.15, -0.1) is 11.3 Å². The maximum atomic E-state index is 12.3. The summed E-state index contributed by atoms with van der Waals surface area (Å²) in [6, 6.07) is 16.6. The minimum Gasteiger partial charge on any atom is -0.444 e. The van der Waals surface area contributed by atoms with Crippen LogP contribution < -0.4 is 4.90 Å². The van der Waals surface area contributed by atoms with Crippen LogP contribution in [0.2, 0.25) is 0 Å². The highest BCUT2D eigenvalue weighted by Gasteiger charge is 2.27. The molecule has 3 aromatic rings. The van der Waals surface area contributed by atoms with Gasteiger partial charge in [-0.2, -0.15) is 0 Å². The van der Waals surface area contributed by atoms with Crippen LogP contribution in [0.1, 0.15) is 20.8 Å². The third-order valence-corrected chi connectivity index (χ3v) is 5.77. The van der Waals surface area contributed by atoms with Crippen molar-refractivity contribution in [1.29, 1.82) is 0 Å². The summed E-state index contributed by atoms with van der Waals surface area (Å²) in [6.45, 7) is 8.56. The van der Waals surface area contributed by atoms with Gasteiger partial charge in [-0.3, -0.25) is 0 Å². The summed E-state index contributed by atoms with van der Waals surface area (Å²) in [5.74, 6) is 0. The first-order valence-corrected chi connectivity index (χ1v) is 10.4. The zero-order chi connectivity index (χ0) is 19.7. The van der Waals surface area contributed by atoms with Gasteiger partial charge >= 0.3 is 6.09 Å². The number of hydrogen-bond acceptors (Lipinski definition) is 5. The van der Waals surface area contributed by atoms with Crippen molar-refractivity contribution in [1.82, 2.24) is 9.88 Å². The molecule has 1 fully saturated rings. The van der Waals surface area contributed by atoms with Crippen molar-refractivity contribution in [3.63, 3.8) is 0 Å². The first-order chi connectivity index (χ1) is 13.4. The molecule has 4 rings (SSSR count). The Morgan fingerprint density at radius 3 is 2.39 bits per heavy atom. The molecule has 0 unspecified atom stereocenters. The molecule has 5 nitrogen and oxygen atoms in total. The van der Waals surface area contributed by atoms with Crippen molar-refractivity contribution in [2.24, 2.45) is 0 Å². The molecule has 1 aliphatic heterocycles. The van der Waals surface area contributed by atoms with Gasteiger partial charge in [-0.1, -0.05) is 24.3 Å². The maximum absolute atomic E-state index is 12.3. The minimum absolute atomic E-state index is 0.230. The summed E-state index contributed by atoms with van der Waals surface area (Å²) in [5.41, 5.74) is 2.89. The monoisotopic (exact) mass is 395 g/mol. The molecule has 0 spiro atoms. The molecule has 1 aliphatic rings. The Labute approximate surface area is 169 Å². The first kappa shape index (κ1) is 18.7. The SMILES string of the molecule is CC(C)(C)OC(=O)N1CCN(c2ccccc2-c2nc3ccccc3s2)CC1. The average molecular weight is 396 g/mol. The van der Waals surface area contributed by atoms with E-state index in [4.69, 9.17) is 9.72 Å². The molecule has 0 radical (unpaired) electrons. The molecule has 1 saturated heterocycles. The van der Waals surface area contributed by atoms with Crippen LogP contribution in [0.4, 0.5) is 10.5 Å². The fourth-order valence-corrected chi connectivity index (χ4v) is 4.37. The number of amides is 1. The molecule has 6 heteroatoms. The van der Waals surface area contributed by atoms with Crippen LogP contribution in [0.25, 0.3) is 20.8 Å². The zero-order valence-corrected chi connectivity index (χ0v) is 17.3. The van der Waals surface area contributed by atoms with Gasteiger partial charge in [0.15, 0.2) is 0 Å². The van der Waals surface area contributed by atoms with Crippen molar-refractivity contribution in [2.75, 3.05) is 31.1 Å². The predicted octanol–water partition coefficient (Wildman–Crippen LogP) is 5.02. The number of hydrogen-bond donors (Lipinski definition) is 0.